The van der Waals surface area contributed by atoms with E-state index in [9.17, 15) is 9.59 Å². The summed E-state index contributed by atoms with van der Waals surface area (Å²) >= 11 is 0. The van der Waals surface area contributed by atoms with E-state index in [0.717, 1.165) is 20.7 Å². The standard InChI is InChI=1S/C38H38O5Si4/c1-44(2,41-45(39,33-21-9-3-10-22-33)34-23-11-4-12-24-34)42-47(37-29-17-7-18-30-37,38-31-19-8-20-32-38)43-46(40,35-25-13-5-14-26-35)36-27-15-6-16-28-36/h3-32,39-40H,1-2H3. The molecule has 0 amide bonds. The van der Waals surface area contributed by atoms with Crippen LogP contribution in [0.1, 0.15) is 0 Å². The molecule has 0 fully saturated rings. The van der Waals surface area contributed by atoms with Gasteiger partial charge in [-0.25, -0.2) is 0 Å². The second kappa shape index (κ2) is 14.0. The summed E-state index contributed by atoms with van der Waals surface area (Å²) in [5, 5.41) is 4.53. The van der Waals surface area contributed by atoms with Crippen molar-refractivity contribution in [2.75, 3.05) is 0 Å². The average molecular weight is 687 g/mol. The van der Waals surface area contributed by atoms with Crippen LogP contribution >= 0.6 is 0 Å². The van der Waals surface area contributed by atoms with E-state index >= 15 is 0 Å². The van der Waals surface area contributed by atoms with E-state index in [1.807, 2.05) is 195 Å². The van der Waals surface area contributed by atoms with Gasteiger partial charge in [0, 0.05) is 0 Å². The maximum Gasteiger partial charge on any atom is 0.396 e. The van der Waals surface area contributed by atoms with Crippen LogP contribution in [0.4, 0.5) is 0 Å². The highest BCUT2D eigenvalue weighted by atomic mass is 28.5. The maximum absolute atomic E-state index is 13.0. The Bertz CT molecular complexity index is 1730. The molecule has 0 aromatic heterocycles. The number of hydrogen-bond donors (Lipinski definition) is 2. The van der Waals surface area contributed by atoms with Gasteiger partial charge in [0.25, 0.3) is 0 Å². The number of hydrogen-bond acceptors (Lipinski definition) is 5. The molecule has 0 saturated carbocycles. The molecule has 9 heteroatoms. The zero-order chi connectivity index (χ0) is 32.8. The molecule has 236 valence electrons. The third kappa shape index (κ3) is 6.99. The van der Waals surface area contributed by atoms with Crippen molar-refractivity contribution in [3.63, 3.8) is 0 Å². The number of benzene rings is 6. The molecule has 47 heavy (non-hydrogen) atoms. The Morgan fingerprint density at radius 1 is 0.319 bits per heavy atom. The highest BCUT2D eigenvalue weighted by Crippen LogP contribution is 2.24. The minimum atomic E-state index is -3.94. The SMILES string of the molecule is C[Si](C)(O[Si](O)(c1ccccc1)c1ccccc1)O[Si](O[Si](O)(c1ccccc1)c1ccccc1)(c1ccccc1)c1ccccc1. The lowest BCUT2D eigenvalue weighted by Gasteiger charge is -2.44. The van der Waals surface area contributed by atoms with E-state index in [4.69, 9.17) is 12.3 Å². The third-order valence-electron chi connectivity index (χ3n) is 8.04. The highest BCUT2D eigenvalue weighted by molar-refractivity contribution is 7.07. The fourth-order valence-electron chi connectivity index (χ4n) is 5.89. The Balaban J connectivity index is 1.55. The van der Waals surface area contributed by atoms with Crippen LogP contribution in [0.25, 0.3) is 0 Å². The highest BCUT2D eigenvalue weighted by Gasteiger charge is 2.57. The number of rotatable bonds is 12. The first-order valence-corrected chi connectivity index (χ1v) is 24.0. The average Bonchev–Trinajstić information content (AvgIpc) is 3.13. The van der Waals surface area contributed by atoms with Crippen LogP contribution in [0, 0.1) is 0 Å². The Morgan fingerprint density at radius 2 is 0.553 bits per heavy atom. The van der Waals surface area contributed by atoms with Crippen molar-refractivity contribution in [1.29, 1.82) is 0 Å². The van der Waals surface area contributed by atoms with Crippen LogP contribution in [-0.4, -0.2) is 43.8 Å². The second-order valence-corrected chi connectivity index (χ2v) is 24.3. The third-order valence-corrected chi connectivity index (χ3v) is 23.3. The van der Waals surface area contributed by atoms with Crippen molar-refractivity contribution >= 4 is 65.4 Å². The molecule has 0 unspecified atom stereocenters. The van der Waals surface area contributed by atoms with Gasteiger partial charge in [-0.05, 0) is 44.2 Å². The molecule has 0 aliphatic heterocycles. The van der Waals surface area contributed by atoms with Gasteiger partial charge in [-0.2, -0.15) is 0 Å². The monoisotopic (exact) mass is 686 g/mol. The molecule has 0 spiro atoms. The first-order chi connectivity index (χ1) is 22.8. The summed E-state index contributed by atoms with van der Waals surface area (Å²) in [6.45, 7) is 3.92. The van der Waals surface area contributed by atoms with Gasteiger partial charge in [-0.15, -0.1) is 0 Å². The largest absolute Gasteiger partial charge is 0.409 e. The van der Waals surface area contributed by atoms with Gasteiger partial charge in [-0.1, -0.05) is 182 Å². The maximum atomic E-state index is 13.0. The van der Waals surface area contributed by atoms with E-state index in [1.165, 1.54) is 0 Å². The molecule has 2 N–H and O–H groups in total. The first-order valence-electron chi connectivity index (χ1n) is 15.6. The first kappa shape index (κ1) is 32.9. The summed E-state index contributed by atoms with van der Waals surface area (Å²) in [5.74, 6) is 0. The predicted octanol–water partition coefficient (Wildman–Crippen LogP) is 3.49. The Hall–Kier alpha value is -4.01. The van der Waals surface area contributed by atoms with Crippen LogP contribution < -0.4 is 31.1 Å². The van der Waals surface area contributed by atoms with E-state index in [-0.39, 0.29) is 0 Å². The minimum absolute atomic E-state index is 0.707. The van der Waals surface area contributed by atoms with Gasteiger partial charge in [-0.3, -0.25) is 0 Å². The molecule has 0 aliphatic carbocycles. The Kier molecular flexibility index (Phi) is 9.80. The molecule has 0 heterocycles. The van der Waals surface area contributed by atoms with Gasteiger partial charge in [0.05, 0.1) is 0 Å². The summed E-state index contributed by atoms with van der Waals surface area (Å²) < 4.78 is 21.9. The molecule has 0 radical (unpaired) electrons. The fourth-order valence-corrected chi connectivity index (χ4v) is 22.9. The van der Waals surface area contributed by atoms with Crippen molar-refractivity contribution in [3.8, 4) is 0 Å². The fraction of sp³-hybridized carbons (Fsp3) is 0.0526. The van der Waals surface area contributed by atoms with Gasteiger partial charge in [0.1, 0.15) is 0 Å². The molecule has 0 bridgehead atoms. The molecular formula is C38H38O5Si4. The molecule has 6 aromatic carbocycles. The lowest BCUT2D eigenvalue weighted by Crippen LogP contribution is -2.77. The Labute approximate surface area is 281 Å². The van der Waals surface area contributed by atoms with Crippen molar-refractivity contribution in [2.24, 2.45) is 0 Å². The minimum Gasteiger partial charge on any atom is -0.409 e. The molecule has 5 nitrogen and oxygen atoms in total. The molecule has 6 rings (SSSR count). The van der Waals surface area contributed by atoms with E-state index in [2.05, 4.69) is 0 Å². The lowest BCUT2D eigenvalue weighted by atomic mass is 10.4. The van der Waals surface area contributed by atoms with Gasteiger partial charge in [0.15, 0.2) is 0 Å². The molecule has 6 aromatic rings. The van der Waals surface area contributed by atoms with Gasteiger partial charge < -0.3 is 21.9 Å². The van der Waals surface area contributed by atoms with Gasteiger partial charge in [0.2, 0.25) is 0 Å². The van der Waals surface area contributed by atoms with Crippen molar-refractivity contribution in [3.05, 3.63) is 182 Å². The van der Waals surface area contributed by atoms with E-state index in [1.54, 1.807) is 0 Å². The zero-order valence-electron chi connectivity index (χ0n) is 26.4. The van der Waals surface area contributed by atoms with Crippen LogP contribution in [0.15, 0.2) is 182 Å². The molecule has 0 aliphatic rings. The van der Waals surface area contributed by atoms with E-state index in [0.29, 0.717) is 10.4 Å². The lowest BCUT2D eigenvalue weighted by molar-refractivity contribution is 0.297. The van der Waals surface area contributed by atoms with Crippen LogP contribution in [0.5, 0.6) is 0 Å². The molecule has 0 atom stereocenters. The Morgan fingerprint density at radius 3 is 0.830 bits per heavy atom. The van der Waals surface area contributed by atoms with Crippen molar-refractivity contribution in [2.45, 2.75) is 13.1 Å². The molecular weight excluding hydrogens is 649 g/mol. The summed E-state index contributed by atoms with van der Waals surface area (Å²) in [6.07, 6.45) is 0. The zero-order valence-corrected chi connectivity index (χ0v) is 30.4. The van der Waals surface area contributed by atoms with Gasteiger partial charge >= 0.3 is 34.2 Å². The summed E-state index contributed by atoms with van der Waals surface area (Å²) in [6, 6.07) is 58.2. The van der Waals surface area contributed by atoms with Crippen molar-refractivity contribution in [1.82, 2.24) is 0 Å². The quantitative estimate of drug-likeness (QED) is 0.193. The molecule has 0 saturated heterocycles. The van der Waals surface area contributed by atoms with Crippen LogP contribution in [0.2, 0.25) is 13.1 Å². The summed E-state index contributed by atoms with van der Waals surface area (Å²) in [7, 11) is -14.9. The predicted molar refractivity (Wildman–Crippen MR) is 199 cm³/mol. The van der Waals surface area contributed by atoms with Crippen LogP contribution in [0.3, 0.4) is 0 Å². The second-order valence-electron chi connectivity index (χ2n) is 11.8. The smallest absolute Gasteiger partial charge is 0.396 e. The van der Waals surface area contributed by atoms with Crippen LogP contribution in [-0.2, 0) is 12.3 Å². The summed E-state index contributed by atoms with van der Waals surface area (Å²) in [4.78, 5) is 25.6. The van der Waals surface area contributed by atoms with Crippen molar-refractivity contribution < 1.29 is 21.9 Å². The normalized spacial score (nSPS) is 12.5. The topological polar surface area (TPSA) is 68.2 Å². The summed E-state index contributed by atoms with van der Waals surface area (Å²) in [5.41, 5.74) is 0. The van der Waals surface area contributed by atoms with E-state index < -0.39 is 34.2 Å².